The molecule has 2 aromatic carbocycles. The zero-order valence-corrected chi connectivity index (χ0v) is 11.0. The maximum absolute atomic E-state index is 13.4. The first-order valence-electron chi connectivity index (χ1n) is 6.30. The molecule has 0 saturated carbocycles. The summed E-state index contributed by atoms with van der Waals surface area (Å²) < 4.78 is 39.8. The third kappa shape index (κ3) is 3.75. The summed E-state index contributed by atoms with van der Waals surface area (Å²) in [5.41, 5.74) is -0.0513. The van der Waals surface area contributed by atoms with E-state index in [1.165, 1.54) is 0 Å². The summed E-state index contributed by atoms with van der Waals surface area (Å²) in [5, 5.41) is 5.35. The highest BCUT2D eigenvalue weighted by molar-refractivity contribution is 5.94. The first-order chi connectivity index (χ1) is 10.1. The Labute approximate surface area is 119 Å². The smallest absolute Gasteiger partial charge is 0.257 e. The van der Waals surface area contributed by atoms with Gasteiger partial charge in [0.1, 0.15) is 11.4 Å². The molecule has 3 nitrogen and oxygen atoms in total. The Bertz CT molecular complexity index is 632. The van der Waals surface area contributed by atoms with Crippen LogP contribution in [0, 0.1) is 17.5 Å². The number of anilines is 1. The number of amides is 1. The van der Waals surface area contributed by atoms with Crippen LogP contribution in [0.4, 0.5) is 18.9 Å². The zero-order chi connectivity index (χ0) is 15.2. The molecule has 0 heterocycles. The normalized spacial score (nSPS) is 10.2. The van der Waals surface area contributed by atoms with E-state index in [4.69, 9.17) is 0 Å². The molecule has 1 amide bonds. The van der Waals surface area contributed by atoms with Gasteiger partial charge in [0.15, 0.2) is 11.6 Å². The molecule has 0 saturated heterocycles. The van der Waals surface area contributed by atoms with Crippen molar-refractivity contribution in [3.8, 4) is 0 Å². The van der Waals surface area contributed by atoms with E-state index in [1.54, 1.807) is 0 Å². The molecule has 6 heteroatoms. The highest BCUT2D eigenvalue weighted by Crippen LogP contribution is 2.15. The van der Waals surface area contributed by atoms with Crippen molar-refractivity contribution in [1.82, 2.24) is 5.32 Å². The second-order valence-corrected chi connectivity index (χ2v) is 4.27. The first-order valence-corrected chi connectivity index (χ1v) is 6.30. The molecule has 0 aliphatic rings. The van der Waals surface area contributed by atoms with Gasteiger partial charge in [0.2, 0.25) is 0 Å². The van der Waals surface area contributed by atoms with Crippen LogP contribution in [-0.2, 0) is 0 Å². The molecule has 0 aromatic heterocycles. The maximum Gasteiger partial charge on any atom is 0.257 e. The Morgan fingerprint density at radius 2 is 1.57 bits per heavy atom. The number of carbonyl (C=O) groups is 1. The van der Waals surface area contributed by atoms with Crippen molar-refractivity contribution < 1.29 is 18.0 Å². The summed E-state index contributed by atoms with van der Waals surface area (Å²) in [6.07, 6.45) is 0. The van der Waals surface area contributed by atoms with Crippen molar-refractivity contribution in [2.24, 2.45) is 0 Å². The van der Waals surface area contributed by atoms with Crippen molar-refractivity contribution in [1.29, 1.82) is 0 Å². The van der Waals surface area contributed by atoms with Gasteiger partial charge in [0.05, 0.1) is 0 Å². The van der Waals surface area contributed by atoms with Crippen LogP contribution in [0.15, 0.2) is 42.5 Å². The van der Waals surface area contributed by atoms with Crippen LogP contribution in [0.2, 0.25) is 0 Å². The van der Waals surface area contributed by atoms with Crippen LogP contribution in [0.3, 0.4) is 0 Å². The van der Waals surface area contributed by atoms with E-state index < -0.39 is 28.9 Å². The Kier molecular flexibility index (Phi) is 4.81. The quantitative estimate of drug-likeness (QED) is 0.657. The fourth-order valence-electron chi connectivity index (χ4n) is 1.76. The van der Waals surface area contributed by atoms with Gasteiger partial charge in [0.25, 0.3) is 5.91 Å². The van der Waals surface area contributed by atoms with E-state index in [9.17, 15) is 18.0 Å². The van der Waals surface area contributed by atoms with E-state index >= 15 is 0 Å². The molecular formula is C15H13F3N2O. The van der Waals surface area contributed by atoms with Crippen molar-refractivity contribution in [3.05, 3.63) is 65.5 Å². The highest BCUT2D eigenvalue weighted by atomic mass is 19.2. The van der Waals surface area contributed by atoms with E-state index in [0.29, 0.717) is 12.6 Å². The Balaban J connectivity index is 1.89. The second-order valence-electron chi connectivity index (χ2n) is 4.27. The summed E-state index contributed by atoms with van der Waals surface area (Å²) >= 11 is 0. The number of rotatable bonds is 5. The third-order valence-corrected chi connectivity index (χ3v) is 2.78. The molecule has 0 fully saturated rings. The van der Waals surface area contributed by atoms with Gasteiger partial charge in [-0.05, 0) is 24.3 Å². The second kappa shape index (κ2) is 6.78. The predicted molar refractivity (Wildman–Crippen MR) is 73.6 cm³/mol. The fraction of sp³-hybridized carbons (Fsp3) is 0.133. The van der Waals surface area contributed by atoms with Gasteiger partial charge in [-0.25, -0.2) is 13.2 Å². The zero-order valence-electron chi connectivity index (χ0n) is 11.0. The number of benzene rings is 2. The monoisotopic (exact) mass is 294 g/mol. The summed E-state index contributed by atoms with van der Waals surface area (Å²) in [6.45, 7) is 0.511. The van der Waals surface area contributed by atoms with Crippen LogP contribution in [0.1, 0.15) is 10.4 Å². The van der Waals surface area contributed by atoms with Crippen LogP contribution in [0.25, 0.3) is 0 Å². The largest absolute Gasteiger partial charge is 0.383 e. The molecule has 21 heavy (non-hydrogen) atoms. The molecule has 2 rings (SSSR count). The Morgan fingerprint density at radius 1 is 0.905 bits per heavy atom. The van der Waals surface area contributed by atoms with E-state index in [0.717, 1.165) is 11.8 Å². The third-order valence-electron chi connectivity index (χ3n) is 2.78. The van der Waals surface area contributed by atoms with Gasteiger partial charge in [0, 0.05) is 18.8 Å². The number of nitrogens with one attached hydrogen (secondary N) is 2. The molecule has 0 aliphatic heterocycles. The average molecular weight is 294 g/mol. The molecule has 0 radical (unpaired) electrons. The molecule has 110 valence electrons. The van der Waals surface area contributed by atoms with Gasteiger partial charge in [-0.1, -0.05) is 18.2 Å². The molecule has 0 spiro atoms. The van der Waals surface area contributed by atoms with E-state index in [-0.39, 0.29) is 6.54 Å². The van der Waals surface area contributed by atoms with Gasteiger partial charge < -0.3 is 10.6 Å². The number of hydrogen-bond acceptors (Lipinski definition) is 2. The first kappa shape index (κ1) is 14.9. The molecule has 2 aromatic rings. The van der Waals surface area contributed by atoms with Crippen molar-refractivity contribution in [3.63, 3.8) is 0 Å². The lowest BCUT2D eigenvalue weighted by molar-refractivity contribution is 0.0945. The molecule has 0 unspecified atom stereocenters. The van der Waals surface area contributed by atoms with Crippen molar-refractivity contribution in [2.45, 2.75) is 0 Å². The van der Waals surface area contributed by atoms with Gasteiger partial charge >= 0.3 is 0 Å². The van der Waals surface area contributed by atoms with Gasteiger partial charge in [-0.3, -0.25) is 4.79 Å². The van der Waals surface area contributed by atoms with Crippen LogP contribution in [-0.4, -0.2) is 19.0 Å². The Hall–Kier alpha value is -2.50. The topological polar surface area (TPSA) is 41.1 Å². The molecule has 0 bridgehead atoms. The number of halogens is 3. The lowest BCUT2D eigenvalue weighted by Gasteiger charge is -2.09. The van der Waals surface area contributed by atoms with Crippen molar-refractivity contribution >= 4 is 11.6 Å². The lowest BCUT2D eigenvalue weighted by atomic mass is 10.1. The number of carbonyl (C=O) groups excluding carboxylic acids is 1. The average Bonchev–Trinajstić information content (AvgIpc) is 2.49. The van der Waals surface area contributed by atoms with E-state index in [1.807, 2.05) is 30.3 Å². The molecule has 0 atom stereocenters. The summed E-state index contributed by atoms with van der Waals surface area (Å²) in [6, 6.07) is 10.6. The SMILES string of the molecule is O=C(NCCNc1ccccc1)c1c(F)ccc(F)c1F. The highest BCUT2D eigenvalue weighted by Gasteiger charge is 2.20. The summed E-state index contributed by atoms with van der Waals surface area (Å²) in [4.78, 5) is 11.7. The van der Waals surface area contributed by atoms with Crippen LogP contribution < -0.4 is 10.6 Å². The minimum absolute atomic E-state index is 0.142. The molecular weight excluding hydrogens is 281 g/mol. The lowest BCUT2D eigenvalue weighted by Crippen LogP contribution is -2.30. The Morgan fingerprint density at radius 3 is 2.29 bits per heavy atom. The summed E-state index contributed by atoms with van der Waals surface area (Å²) in [7, 11) is 0. The van der Waals surface area contributed by atoms with Gasteiger partial charge in [-0.15, -0.1) is 0 Å². The minimum Gasteiger partial charge on any atom is -0.383 e. The van der Waals surface area contributed by atoms with Crippen LogP contribution in [0.5, 0.6) is 0 Å². The number of para-hydroxylation sites is 1. The van der Waals surface area contributed by atoms with Crippen molar-refractivity contribution in [2.75, 3.05) is 18.4 Å². The summed E-state index contributed by atoms with van der Waals surface area (Å²) in [5.74, 6) is -4.82. The molecule has 2 N–H and O–H groups in total. The van der Waals surface area contributed by atoms with Gasteiger partial charge in [-0.2, -0.15) is 0 Å². The standard InChI is InChI=1S/C15H13F3N2O/c16-11-6-7-12(17)14(18)13(11)15(21)20-9-8-19-10-4-2-1-3-5-10/h1-7,19H,8-9H2,(H,20,21). The molecule has 0 aliphatic carbocycles. The fourth-order valence-corrected chi connectivity index (χ4v) is 1.76. The van der Waals surface area contributed by atoms with Crippen LogP contribution >= 0.6 is 0 Å². The maximum atomic E-state index is 13.4. The number of hydrogen-bond donors (Lipinski definition) is 2. The van der Waals surface area contributed by atoms with E-state index in [2.05, 4.69) is 10.6 Å². The predicted octanol–water partition coefficient (Wildman–Crippen LogP) is 2.95. The minimum atomic E-state index is -1.48.